The summed E-state index contributed by atoms with van der Waals surface area (Å²) in [6.45, 7) is -0.514. The van der Waals surface area contributed by atoms with Gasteiger partial charge in [-0.1, -0.05) is 0 Å². The number of urea groups is 1. The maximum absolute atomic E-state index is 14.6. The van der Waals surface area contributed by atoms with Crippen LogP contribution >= 0.6 is 0 Å². The number of halogens is 3. The third-order valence-corrected chi connectivity index (χ3v) is 6.35. The molecule has 2 atom stereocenters. The topological polar surface area (TPSA) is 101 Å². The number of nitrogens with one attached hydrogen (secondary N) is 2. The maximum Gasteiger partial charge on any atom is 0.317 e. The molecule has 1 aliphatic carbocycles. The van der Waals surface area contributed by atoms with Crippen LogP contribution in [0, 0.1) is 5.82 Å². The highest BCUT2D eigenvalue weighted by Gasteiger charge is 2.40. The van der Waals surface area contributed by atoms with Crippen LogP contribution < -0.4 is 10.6 Å². The molecule has 0 radical (unpaired) electrons. The van der Waals surface area contributed by atoms with Crippen LogP contribution in [0.4, 0.5) is 23.8 Å². The van der Waals surface area contributed by atoms with Crippen molar-refractivity contribution in [2.24, 2.45) is 7.05 Å². The number of pyridine rings is 1. The van der Waals surface area contributed by atoms with E-state index in [0.717, 1.165) is 35.7 Å². The Kier molecular flexibility index (Phi) is 5.74. The average molecular weight is 474 g/mol. The molecule has 9 nitrogen and oxygen atoms in total. The minimum Gasteiger partial charge on any atom is -0.365 e. The van der Waals surface area contributed by atoms with Gasteiger partial charge in [-0.15, -0.1) is 0 Å². The SMILES string of the molecule is Cn1nc(-c2ncc(F)c(N[C@H]3CCC[C@@H](NC(=O)N4CCC(F)(F)C4)C3)n2)c2cccnc21. The summed E-state index contributed by atoms with van der Waals surface area (Å²) in [7, 11) is 1.77. The number of alkyl halides is 2. The van der Waals surface area contributed by atoms with Gasteiger partial charge in [0.1, 0.15) is 5.69 Å². The first kappa shape index (κ1) is 22.4. The number of likely N-dealkylation sites (tertiary alicyclic amines) is 1. The normalized spacial score (nSPS) is 22.2. The number of fused-ring (bicyclic) bond motifs is 1. The first-order valence-electron chi connectivity index (χ1n) is 11.3. The highest BCUT2D eigenvalue weighted by molar-refractivity contribution is 5.89. The highest BCUT2D eigenvalue weighted by atomic mass is 19.3. The van der Waals surface area contributed by atoms with Crippen LogP contribution in [0.5, 0.6) is 0 Å². The highest BCUT2D eigenvalue weighted by Crippen LogP contribution is 2.29. The number of carbonyl (C=O) groups is 1. The molecular weight excluding hydrogens is 449 g/mol. The third kappa shape index (κ3) is 4.48. The van der Waals surface area contributed by atoms with E-state index in [0.29, 0.717) is 17.8 Å². The van der Waals surface area contributed by atoms with Crippen molar-refractivity contribution in [2.75, 3.05) is 18.4 Å². The molecule has 2 N–H and O–H groups in total. The van der Waals surface area contributed by atoms with Gasteiger partial charge in [-0.05, 0) is 37.8 Å². The van der Waals surface area contributed by atoms with E-state index in [-0.39, 0.29) is 36.7 Å². The summed E-state index contributed by atoms with van der Waals surface area (Å²) in [6, 6.07) is 2.83. The fourth-order valence-corrected chi connectivity index (χ4v) is 4.66. The Bertz CT molecular complexity index is 1220. The van der Waals surface area contributed by atoms with Crippen molar-refractivity contribution in [2.45, 2.75) is 50.1 Å². The zero-order chi connectivity index (χ0) is 23.9. The van der Waals surface area contributed by atoms with E-state index in [1.54, 1.807) is 24.0 Å². The van der Waals surface area contributed by atoms with E-state index in [2.05, 4.69) is 30.7 Å². The number of hydrogen-bond acceptors (Lipinski definition) is 6. The number of nitrogens with zero attached hydrogens (tertiary/aromatic N) is 6. The largest absolute Gasteiger partial charge is 0.365 e. The summed E-state index contributed by atoms with van der Waals surface area (Å²) in [6.07, 6.45) is 5.30. The summed E-state index contributed by atoms with van der Waals surface area (Å²) in [5.74, 6) is -3.08. The van der Waals surface area contributed by atoms with Crippen molar-refractivity contribution in [1.82, 2.24) is 34.9 Å². The van der Waals surface area contributed by atoms with Gasteiger partial charge in [0.25, 0.3) is 5.92 Å². The molecule has 3 aromatic heterocycles. The Morgan fingerprint density at radius 2 is 2.06 bits per heavy atom. The first-order valence-corrected chi connectivity index (χ1v) is 11.3. The quantitative estimate of drug-likeness (QED) is 0.602. The average Bonchev–Trinajstić information content (AvgIpc) is 3.35. The summed E-state index contributed by atoms with van der Waals surface area (Å²) >= 11 is 0. The van der Waals surface area contributed by atoms with Gasteiger partial charge in [-0.25, -0.2) is 37.6 Å². The summed E-state index contributed by atoms with van der Waals surface area (Å²) in [5, 5.41) is 11.2. The molecule has 1 saturated heterocycles. The zero-order valence-corrected chi connectivity index (χ0v) is 18.6. The van der Waals surface area contributed by atoms with Crippen LogP contribution in [0.15, 0.2) is 24.5 Å². The molecule has 5 rings (SSSR count). The number of anilines is 1. The smallest absolute Gasteiger partial charge is 0.317 e. The predicted molar refractivity (Wildman–Crippen MR) is 119 cm³/mol. The van der Waals surface area contributed by atoms with Gasteiger partial charge in [0, 0.05) is 38.3 Å². The number of amides is 2. The molecule has 2 aliphatic rings. The van der Waals surface area contributed by atoms with E-state index >= 15 is 0 Å². The van der Waals surface area contributed by atoms with Crippen molar-refractivity contribution >= 4 is 22.9 Å². The van der Waals surface area contributed by atoms with Crippen molar-refractivity contribution in [3.63, 3.8) is 0 Å². The molecule has 0 bridgehead atoms. The molecule has 2 fully saturated rings. The fourth-order valence-electron chi connectivity index (χ4n) is 4.66. The predicted octanol–water partition coefficient (Wildman–Crippen LogP) is 3.34. The van der Waals surface area contributed by atoms with Crippen molar-refractivity contribution in [1.29, 1.82) is 0 Å². The molecular formula is C22H25F3N8O. The number of aromatic nitrogens is 5. The first-order chi connectivity index (χ1) is 16.3. The molecule has 12 heteroatoms. The Hall–Kier alpha value is -3.44. The number of rotatable bonds is 4. The van der Waals surface area contributed by atoms with Crippen LogP contribution in [0.3, 0.4) is 0 Å². The molecule has 4 heterocycles. The van der Waals surface area contributed by atoms with Gasteiger partial charge in [-0.2, -0.15) is 5.10 Å². The molecule has 180 valence electrons. The number of hydrogen-bond donors (Lipinski definition) is 2. The van der Waals surface area contributed by atoms with Gasteiger partial charge in [0.05, 0.1) is 18.1 Å². The zero-order valence-electron chi connectivity index (χ0n) is 18.6. The lowest BCUT2D eigenvalue weighted by atomic mass is 9.91. The van der Waals surface area contributed by atoms with E-state index in [4.69, 9.17) is 0 Å². The summed E-state index contributed by atoms with van der Waals surface area (Å²) in [5.41, 5.74) is 1.17. The molecule has 0 spiro atoms. The van der Waals surface area contributed by atoms with Crippen molar-refractivity contribution < 1.29 is 18.0 Å². The monoisotopic (exact) mass is 474 g/mol. The Balaban J connectivity index is 1.28. The van der Waals surface area contributed by atoms with E-state index in [9.17, 15) is 18.0 Å². The van der Waals surface area contributed by atoms with Crippen LogP contribution in [-0.2, 0) is 7.05 Å². The Morgan fingerprint density at radius 1 is 1.24 bits per heavy atom. The Labute approximate surface area is 193 Å². The summed E-state index contributed by atoms with van der Waals surface area (Å²) < 4.78 is 43.1. The van der Waals surface area contributed by atoms with Gasteiger partial charge in [0.2, 0.25) is 0 Å². The van der Waals surface area contributed by atoms with Crippen LogP contribution in [0.25, 0.3) is 22.6 Å². The van der Waals surface area contributed by atoms with E-state index < -0.39 is 24.3 Å². The third-order valence-electron chi connectivity index (χ3n) is 6.35. The van der Waals surface area contributed by atoms with Crippen LogP contribution in [-0.4, -0.2) is 66.8 Å². The van der Waals surface area contributed by atoms with Gasteiger partial charge < -0.3 is 15.5 Å². The second-order valence-corrected chi connectivity index (χ2v) is 8.92. The van der Waals surface area contributed by atoms with E-state index in [1.807, 2.05) is 6.07 Å². The number of aryl methyl sites for hydroxylation is 1. The molecule has 34 heavy (non-hydrogen) atoms. The van der Waals surface area contributed by atoms with Gasteiger partial charge >= 0.3 is 6.03 Å². The second-order valence-electron chi connectivity index (χ2n) is 8.92. The maximum atomic E-state index is 14.6. The molecule has 1 aliphatic heterocycles. The number of carbonyl (C=O) groups excluding carboxylic acids is 1. The Morgan fingerprint density at radius 3 is 2.85 bits per heavy atom. The molecule has 0 unspecified atom stereocenters. The summed E-state index contributed by atoms with van der Waals surface area (Å²) in [4.78, 5) is 26.4. The lowest BCUT2D eigenvalue weighted by Gasteiger charge is -2.32. The fraction of sp³-hybridized carbons (Fsp3) is 0.500. The van der Waals surface area contributed by atoms with Gasteiger partial charge in [0.15, 0.2) is 23.1 Å². The molecule has 0 aromatic carbocycles. The van der Waals surface area contributed by atoms with Crippen molar-refractivity contribution in [3.8, 4) is 11.5 Å². The minimum atomic E-state index is -2.83. The lowest BCUT2D eigenvalue weighted by Crippen LogP contribution is -2.47. The minimum absolute atomic E-state index is 0.0415. The van der Waals surface area contributed by atoms with Crippen LogP contribution in [0.1, 0.15) is 32.1 Å². The second kappa shape index (κ2) is 8.73. The van der Waals surface area contributed by atoms with Gasteiger partial charge in [-0.3, -0.25) is 0 Å². The van der Waals surface area contributed by atoms with E-state index in [1.165, 1.54) is 0 Å². The standard InChI is InChI=1S/C22H25F3N8O/c1-32-20-15(6-3-8-26-20)17(31-32)19-27-11-16(23)18(30-19)28-13-4-2-5-14(10-13)29-21(34)33-9-7-22(24,25)12-33/h3,6,8,11,13-14H,2,4-5,7,9-10,12H2,1H3,(H,29,34)(H,27,28,30)/t13-,14+/m0/s1. The molecule has 1 saturated carbocycles. The van der Waals surface area contributed by atoms with Crippen molar-refractivity contribution in [3.05, 3.63) is 30.3 Å². The molecule has 3 aromatic rings. The van der Waals surface area contributed by atoms with Crippen LogP contribution in [0.2, 0.25) is 0 Å². The molecule has 2 amide bonds. The lowest BCUT2D eigenvalue weighted by molar-refractivity contribution is 0.0152.